The highest BCUT2D eigenvalue weighted by Crippen LogP contribution is 2.39. The molecule has 0 atom stereocenters. The summed E-state index contributed by atoms with van der Waals surface area (Å²) in [4.78, 5) is 8.37. The number of pyridine rings is 2. The lowest BCUT2D eigenvalue weighted by atomic mass is 10.1. The minimum atomic E-state index is 0. The van der Waals surface area contributed by atoms with E-state index in [0.717, 1.165) is 25.7 Å². The first-order valence-corrected chi connectivity index (χ1v) is 7.18. The van der Waals surface area contributed by atoms with E-state index in [4.69, 9.17) is 15.8 Å². The molecule has 101 valence electrons. The van der Waals surface area contributed by atoms with Gasteiger partial charge in [0.05, 0.1) is 0 Å². The monoisotopic (exact) mass is 350 g/mol. The molecule has 3 heterocycles. The Kier molecular flexibility index (Phi) is 5.08. The Morgan fingerprint density at radius 2 is 2.05 bits per heavy atom. The van der Waals surface area contributed by atoms with Gasteiger partial charge in [0.25, 0.3) is 0 Å². The van der Waals surface area contributed by atoms with E-state index in [0.29, 0.717) is 5.82 Å². The van der Waals surface area contributed by atoms with Crippen molar-refractivity contribution < 1.29 is 10.0 Å². The van der Waals surface area contributed by atoms with Gasteiger partial charge in [0.2, 0.25) is 0 Å². The zero-order valence-corrected chi connectivity index (χ0v) is 12.6. The van der Waals surface area contributed by atoms with E-state index in [2.05, 4.69) is 25.9 Å². The van der Waals surface area contributed by atoms with Crippen LogP contribution in [-0.2, 0) is 0 Å². The highest BCUT2D eigenvalue weighted by molar-refractivity contribution is 9.10. The Labute approximate surface area is 128 Å². The molecule has 0 fully saturated rings. The zero-order valence-electron chi connectivity index (χ0n) is 10.2. The largest absolute Gasteiger partial charge is 0.482 e. The van der Waals surface area contributed by atoms with Crippen LogP contribution in [0, 0.1) is 0 Å². The molecule has 3 aromatic rings. The van der Waals surface area contributed by atoms with E-state index in [1.807, 2.05) is 23.7 Å². The molecule has 8 heteroatoms. The van der Waals surface area contributed by atoms with Crippen LogP contribution in [0.5, 0.6) is 0 Å². The van der Waals surface area contributed by atoms with E-state index in [1.165, 1.54) is 0 Å². The Morgan fingerprint density at radius 1 is 1.30 bits per heavy atom. The number of nitrogens with two attached hydrogens (primary N) is 1. The first kappa shape index (κ1) is 14.9. The van der Waals surface area contributed by atoms with E-state index in [1.54, 1.807) is 23.7 Å². The van der Waals surface area contributed by atoms with Crippen LogP contribution in [-0.4, -0.2) is 27.7 Å². The van der Waals surface area contributed by atoms with Gasteiger partial charge in [0.1, 0.15) is 5.82 Å². The summed E-state index contributed by atoms with van der Waals surface area (Å²) in [6.07, 6.45) is 5.40. The maximum atomic E-state index is 7.00. The summed E-state index contributed by atoms with van der Waals surface area (Å²) in [6.45, 7) is 0. The number of thiophene rings is 1. The van der Waals surface area contributed by atoms with Gasteiger partial charge < -0.3 is 15.8 Å². The summed E-state index contributed by atoms with van der Waals surface area (Å²) in [5, 5.41) is 17.0. The quantitative estimate of drug-likeness (QED) is 0.585. The molecular formula is C12H10BBrN3O2S. The van der Waals surface area contributed by atoms with Gasteiger partial charge in [0.15, 0.2) is 0 Å². The minimum Gasteiger partial charge on any atom is -0.429 e. The molecule has 5 nitrogen and oxygen atoms in total. The zero-order chi connectivity index (χ0) is 14.5. The van der Waals surface area contributed by atoms with Crippen molar-refractivity contribution in [1.82, 2.24) is 9.97 Å². The Bertz CT molecular complexity index is 708. The van der Waals surface area contributed by atoms with Crippen LogP contribution in [0.4, 0.5) is 5.82 Å². The number of fused-ring (bicyclic) bond motifs is 1. The van der Waals surface area contributed by atoms with Crippen molar-refractivity contribution >= 4 is 50.9 Å². The molecule has 0 amide bonds. The molecule has 0 bridgehead atoms. The summed E-state index contributed by atoms with van der Waals surface area (Å²) >= 11 is 5.15. The minimum absolute atomic E-state index is 0. The van der Waals surface area contributed by atoms with Crippen LogP contribution in [0.1, 0.15) is 0 Å². The van der Waals surface area contributed by atoms with Gasteiger partial charge in [-0.15, -0.1) is 11.3 Å². The third-order valence-corrected chi connectivity index (χ3v) is 4.49. The fourth-order valence-corrected chi connectivity index (χ4v) is 3.54. The maximum Gasteiger partial charge on any atom is 0.482 e. The molecule has 0 aliphatic carbocycles. The van der Waals surface area contributed by atoms with E-state index in [9.17, 15) is 0 Å². The molecular weight excluding hydrogens is 341 g/mol. The summed E-state index contributed by atoms with van der Waals surface area (Å²) in [7, 11) is 0. The molecule has 4 N–H and O–H groups in total. The van der Waals surface area contributed by atoms with Crippen LogP contribution in [0.15, 0.2) is 40.6 Å². The SMILES string of the molecule is Nc1ncc(-c2cccnc2)c2scc(Br)c12.O[B]O. The molecule has 20 heavy (non-hydrogen) atoms. The van der Waals surface area contributed by atoms with Gasteiger partial charge in [-0.05, 0) is 22.0 Å². The number of nitrogens with zero attached hydrogens (tertiary/aromatic N) is 2. The molecule has 3 rings (SSSR count). The number of halogens is 1. The van der Waals surface area contributed by atoms with Gasteiger partial charge in [-0.25, -0.2) is 4.98 Å². The molecule has 0 aromatic carbocycles. The van der Waals surface area contributed by atoms with Crippen molar-refractivity contribution in [3.63, 3.8) is 0 Å². The van der Waals surface area contributed by atoms with E-state index < -0.39 is 0 Å². The summed E-state index contributed by atoms with van der Waals surface area (Å²) in [5.41, 5.74) is 8.02. The van der Waals surface area contributed by atoms with E-state index in [-0.39, 0.29) is 7.69 Å². The summed E-state index contributed by atoms with van der Waals surface area (Å²) < 4.78 is 2.13. The lowest BCUT2D eigenvalue weighted by molar-refractivity contribution is 0.448. The number of aromatic nitrogens is 2. The number of hydrogen-bond acceptors (Lipinski definition) is 6. The highest BCUT2D eigenvalue weighted by Gasteiger charge is 2.12. The molecule has 1 radical (unpaired) electrons. The molecule has 0 aliphatic rings. The average molecular weight is 351 g/mol. The Morgan fingerprint density at radius 3 is 2.70 bits per heavy atom. The molecule has 0 aliphatic heterocycles. The van der Waals surface area contributed by atoms with Crippen molar-refractivity contribution in [3.05, 3.63) is 40.6 Å². The first-order chi connectivity index (χ1) is 9.69. The molecule has 3 aromatic heterocycles. The van der Waals surface area contributed by atoms with Crippen molar-refractivity contribution in [1.29, 1.82) is 0 Å². The number of rotatable bonds is 1. The van der Waals surface area contributed by atoms with Gasteiger partial charge in [-0.1, -0.05) is 6.07 Å². The van der Waals surface area contributed by atoms with E-state index >= 15 is 0 Å². The second kappa shape index (κ2) is 6.80. The topological polar surface area (TPSA) is 92.3 Å². The third-order valence-electron chi connectivity index (χ3n) is 2.55. The standard InChI is InChI=1S/C12H8BrN3S.BH2O2/c13-9-6-17-11-8(5-16-12(14)10(9)11)7-2-1-3-15-4-7;2-1-3/h1-6H,(H2,14,16);2-3H. The molecule has 0 saturated heterocycles. The molecule has 0 saturated carbocycles. The van der Waals surface area contributed by atoms with Crippen molar-refractivity contribution in [2.45, 2.75) is 0 Å². The smallest absolute Gasteiger partial charge is 0.429 e. The van der Waals surface area contributed by atoms with Crippen LogP contribution < -0.4 is 5.73 Å². The first-order valence-electron chi connectivity index (χ1n) is 5.50. The second-order valence-corrected chi connectivity index (χ2v) is 5.44. The fourth-order valence-electron chi connectivity index (χ4n) is 1.76. The fraction of sp³-hybridized carbons (Fsp3) is 0. The predicted molar refractivity (Wildman–Crippen MR) is 85.2 cm³/mol. The maximum absolute atomic E-state index is 7.00. The van der Waals surface area contributed by atoms with Gasteiger partial charge in [0, 0.05) is 49.7 Å². The average Bonchev–Trinajstić information content (AvgIpc) is 2.84. The lowest BCUT2D eigenvalue weighted by Gasteiger charge is -2.04. The molecule has 0 unspecified atom stereocenters. The van der Waals surface area contributed by atoms with Crippen molar-refractivity contribution in [2.75, 3.05) is 5.73 Å². The third kappa shape index (κ3) is 2.99. The Balaban J connectivity index is 0.000000452. The summed E-state index contributed by atoms with van der Waals surface area (Å²) in [6, 6.07) is 3.94. The number of hydrogen-bond donors (Lipinski definition) is 3. The number of anilines is 1. The lowest BCUT2D eigenvalue weighted by Crippen LogP contribution is -1.91. The van der Waals surface area contributed by atoms with Gasteiger partial charge >= 0.3 is 7.69 Å². The van der Waals surface area contributed by atoms with Gasteiger partial charge in [-0.2, -0.15) is 0 Å². The van der Waals surface area contributed by atoms with Crippen LogP contribution >= 0.6 is 27.3 Å². The normalized spacial score (nSPS) is 9.95. The Hall–Kier alpha value is -1.48. The second-order valence-electron chi connectivity index (χ2n) is 3.70. The van der Waals surface area contributed by atoms with Crippen molar-refractivity contribution in [3.8, 4) is 11.1 Å². The molecule has 0 spiro atoms. The summed E-state index contributed by atoms with van der Waals surface area (Å²) in [5.74, 6) is 0.556. The van der Waals surface area contributed by atoms with Crippen molar-refractivity contribution in [2.24, 2.45) is 0 Å². The van der Waals surface area contributed by atoms with Crippen LogP contribution in [0.3, 0.4) is 0 Å². The highest BCUT2D eigenvalue weighted by atomic mass is 79.9. The van der Waals surface area contributed by atoms with Crippen LogP contribution in [0.25, 0.3) is 21.2 Å². The van der Waals surface area contributed by atoms with Gasteiger partial charge in [-0.3, -0.25) is 4.98 Å². The number of nitrogen functional groups attached to an aromatic ring is 1. The predicted octanol–water partition coefficient (Wildman–Crippen LogP) is 2.21. The van der Waals surface area contributed by atoms with Crippen LogP contribution in [0.2, 0.25) is 0 Å².